The van der Waals surface area contributed by atoms with Crippen LogP contribution in [0.5, 0.6) is 0 Å². The number of fused-ring (bicyclic) bond motifs is 1. The van der Waals surface area contributed by atoms with Crippen LogP contribution in [0, 0.1) is 6.92 Å². The van der Waals surface area contributed by atoms with Gasteiger partial charge in [0.1, 0.15) is 5.82 Å². The second-order valence-electron chi connectivity index (χ2n) is 6.32. The number of benzene rings is 1. The van der Waals surface area contributed by atoms with Crippen LogP contribution < -0.4 is 10.2 Å². The summed E-state index contributed by atoms with van der Waals surface area (Å²) in [5.41, 5.74) is 5.79. The van der Waals surface area contributed by atoms with Gasteiger partial charge in [0.25, 0.3) is 0 Å². The van der Waals surface area contributed by atoms with Gasteiger partial charge in [-0.15, -0.1) is 0 Å². The van der Waals surface area contributed by atoms with Gasteiger partial charge in [0.05, 0.1) is 5.69 Å². The van der Waals surface area contributed by atoms with E-state index in [1.54, 1.807) is 0 Å². The van der Waals surface area contributed by atoms with Gasteiger partial charge in [-0.25, -0.2) is 4.98 Å². The van der Waals surface area contributed by atoms with Crippen LogP contribution in [0.1, 0.15) is 17.0 Å². The molecule has 0 saturated carbocycles. The fourth-order valence-corrected chi connectivity index (χ4v) is 3.37. The zero-order chi connectivity index (χ0) is 17.2. The predicted molar refractivity (Wildman–Crippen MR) is 100.0 cm³/mol. The molecule has 0 unspecified atom stereocenters. The molecule has 6 nitrogen and oxygen atoms in total. The number of H-pyrrole nitrogens is 1. The SMILES string of the molecule is CNc1nc(C)cc(N2CCc3[nH]nc(-c4ccccc4)c3CC2)n1. The molecule has 0 spiro atoms. The van der Waals surface area contributed by atoms with E-state index in [1.807, 2.05) is 20.0 Å². The van der Waals surface area contributed by atoms with Gasteiger partial charge in [-0.3, -0.25) is 5.10 Å². The summed E-state index contributed by atoms with van der Waals surface area (Å²) >= 11 is 0. The first-order valence-electron chi connectivity index (χ1n) is 8.64. The van der Waals surface area contributed by atoms with E-state index in [2.05, 4.69) is 60.7 Å². The highest BCUT2D eigenvalue weighted by Gasteiger charge is 2.21. The van der Waals surface area contributed by atoms with Crippen LogP contribution >= 0.6 is 0 Å². The van der Waals surface area contributed by atoms with Crippen molar-refractivity contribution in [2.75, 3.05) is 30.4 Å². The summed E-state index contributed by atoms with van der Waals surface area (Å²) in [5.74, 6) is 1.65. The van der Waals surface area contributed by atoms with Gasteiger partial charge in [0.15, 0.2) is 0 Å². The summed E-state index contributed by atoms with van der Waals surface area (Å²) in [5, 5.41) is 10.9. The van der Waals surface area contributed by atoms with E-state index in [0.29, 0.717) is 5.95 Å². The van der Waals surface area contributed by atoms with Gasteiger partial charge < -0.3 is 10.2 Å². The molecule has 1 aliphatic rings. The minimum Gasteiger partial charge on any atom is -0.357 e. The topological polar surface area (TPSA) is 69.7 Å². The van der Waals surface area contributed by atoms with E-state index >= 15 is 0 Å². The van der Waals surface area contributed by atoms with Crippen LogP contribution in [0.2, 0.25) is 0 Å². The van der Waals surface area contributed by atoms with E-state index < -0.39 is 0 Å². The van der Waals surface area contributed by atoms with E-state index in [0.717, 1.165) is 43.1 Å². The van der Waals surface area contributed by atoms with Crippen molar-refractivity contribution in [1.29, 1.82) is 0 Å². The molecule has 0 amide bonds. The summed E-state index contributed by atoms with van der Waals surface area (Å²) in [7, 11) is 1.85. The minimum atomic E-state index is 0.671. The second kappa shape index (κ2) is 6.55. The van der Waals surface area contributed by atoms with Crippen LogP contribution in [0.4, 0.5) is 11.8 Å². The van der Waals surface area contributed by atoms with Gasteiger partial charge >= 0.3 is 0 Å². The molecular formula is C19H22N6. The van der Waals surface area contributed by atoms with Crippen LogP contribution in [0.3, 0.4) is 0 Å². The third-order valence-corrected chi connectivity index (χ3v) is 4.65. The average Bonchev–Trinajstić information content (AvgIpc) is 2.93. The standard InChI is InChI=1S/C19H22N6/c1-13-12-17(22-19(20-2)21-13)25-10-8-15-16(9-11-25)23-24-18(15)14-6-4-3-5-7-14/h3-7,12H,8-11H2,1-2H3,(H,23,24)(H,20,21,22). The maximum atomic E-state index is 4.62. The van der Waals surface area contributed by atoms with Crippen LogP contribution in [0.15, 0.2) is 36.4 Å². The van der Waals surface area contributed by atoms with E-state index in [9.17, 15) is 0 Å². The number of aryl methyl sites for hydroxylation is 1. The maximum Gasteiger partial charge on any atom is 0.224 e. The number of hydrogen-bond acceptors (Lipinski definition) is 5. The normalized spacial score (nSPS) is 14.1. The molecule has 1 aliphatic heterocycles. The predicted octanol–water partition coefficient (Wildman–Crippen LogP) is 2.82. The van der Waals surface area contributed by atoms with Crippen molar-refractivity contribution < 1.29 is 0 Å². The number of nitrogens with zero attached hydrogens (tertiary/aromatic N) is 4. The number of nitrogens with one attached hydrogen (secondary N) is 2. The lowest BCUT2D eigenvalue weighted by Crippen LogP contribution is -2.27. The lowest BCUT2D eigenvalue weighted by molar-refractivity contribution is 0.776. The molecule has 3 aromatic rings. The fourth-order valence-electron chi connectivity index (χ4n) is 3.37. The van der Waals surface area contributed by atoms with Crippen LogP contribution in [0.25, 0.3) is 11.3 Å². The van der Waals surface area contributed by atoms with Gasteiger partial charge in [-0.1, -0.05) is 30.3 Å². The zero-order valence-electron chi connectivity index (χ0n) is 14.6. The zero-order valence-corrected chi connectivity index (χ0v) is 14.6. The molecule has 3 heterocycles. The molecule has 25 heavy (non-hydrogen) atoms. The van der Waals surface area contributed by atoms with Crippen molar-refractivity contribution >= 4 is 11.8 Å². The first-order chi connectivity index (χ1) is 12.2. The molecule has 0 atom stereocenters. The van der Waals surface area contributed by atoms with Crippen molar-refractivity contribution in [3.8, 4) is 11.3 Å². The highest BCUT2D eigenvalue weighted by molar-refractivity contribution is 5.64. The molecule has 6 heteroatoms. The largest absolute Gasteiger partial charge is 0.357 e. The number of aromatic nitrogens is 4. The van der Waals surface area contributed by atoms with Crippen molar-refractivity contribution in [3.63, 3.8) is 0 Å². The smallest absolute Gasteiger partial charge is 0.224 e. The third kappa shape index (κ3) is 3.07. The maximum absolute atomic E-state index is 4.62. The first kappa shape index (κ1) is 15.6. The van der Waals surface area contributed by atoms with Gasteiger partial charge in [-0.2, -0.15) is 10.1 Å². The highest BCUT2D eigenvalue weighted by Crippen LogP contribution is 2.27. The number of aromatic amines is 1. The van der Waals surface area contributed by atoms with Crippen molar-refractivity contribution in [2.24, 2.45) is 0 Å². The number of rotatable bonds is 3. The Morgan fingerprint density at radius 1 is 1.08 bits per heavy atom. The summed E-state index contributed by atoms with van der Waals surface area (Å²) in [6, 6.07) is 12.4. The molecule has 2 aromatic heterocycles. The monoisotopic (exact) mass is 334 g/mol. The van der Waals surface area contributed by atoms with Crippen LogP contribution in [-0.4, -0.2) is 40.3 Å². The lowest BCUT2D eigenvalue weighted by Gasteiger charge is -2.22. The molecule has 4 rings (SSSR count). The Morgan fingerprint density at radius 3 is 2.68 bits per heavy atom. The molecule has 0 fully saturated rings. The Balaban J connectivity index is 1.61. The molecule has 0 radical (unpaired) electrons. The average molecular weight is 334 g/mol. The quantitative estimate of drug-likeness (QED) is 0.771. The Bertz CT molecular complexity index is 871. The molecule has 1 aromatic carbocycles. The Hall–Kier alpha value is -2.89. The Morgan fingerprint density at radius 2 is 1.88 bits per heavy atom. The number of hydrogen-bond donors (Lipinski definition) is 2. The van der Waals surface area contributed by atoms with Crippen molar-refractivity contribution in [3.05, 3.63) is 53.3 Å². The summed E-state index contributed by atoms with van der Waals surface area (Å²) in [6.45, 7) is 3.85. The van der Waals surface area contributed by atoms with E-state index in [1.165, 1.54) is 16.8 Å². The van der Waals surface area contributed by atoms with E-state index in [4.69, 9.17) is 0 Å². The molecule has 0 aliphatic carbocycles. The van der Waals surface area contributed by atoms with E-state index in [-0.39, 0.29) is 0 Å². The third-order valence-electron chi connectivity index (χ3n) is 4.65. The molecule has 0 bridgehead atoms. The highest BCUT2D eigenvalue weighted by atomic mass is 15.2. The molecule has 128 valence electrons. The first-order valence-corrected chi connectivity index (χ1v) is 8.64. The van der Waals surface area contributed by atoms with Crippen molar-refractivity contribution in [1.82, 2.24) is 20.2 Å². The molecule has 2 N–H and O–H groups in total. The minimum absolute atomic E-state index is 0.671. The summed E-state index contributed by atoms with van der Waals surface area (Å²) in [6.07, 6.45) is 1.89. The fraction of sp³-hybridized carbons (Fsp3) is 0.316. The van der Waals surface area contributed by atoms with Crippen LogP contribution in [-0.2, 0) is 12.8 Å². The Labute approximate surface area is 147 Å². The van der Waals surface area contributed by atoms with Gasteiger partial charge in [0.2, 0.25) is 5.95 Å². The van der Waals surface area contributed by atoms with Crippen molar-refractivity contribution in [2.45, 2.75) is 19.8 Å². The molecular weight excluding hydrogens is 312 g/mol. The summed E-state index contributed by atoms with van der Waals surface area (Å²) in [4.78, 5) is 11.3. The van der Waals surface area contributed by atoms with Gasteiger partial charge in [0, 0.05) is 55.1 Å². The lowest BCUT2D eigenvalue weighted by atomic mass is 10.0. The number of anilines is 2. The second-order valence-corrected chi connectivity index (χ2v) is 6.32. The van der Waals surface area contributed by atoms with Gasteiger partial charge in [-0.05, 0) is 13.3 Å². The Kier molecular flexibility index (Phi) is 4.09. The summed E-state index contributed by atoms with van der Waals surface area (Å²) < 4.78 is 0. The molecule has 0 saturated heterocycles.